The quantitative estimate of drug-likeness (QED) is 0.475. The van der Waals surface area contributed by atoms with Crippen LogP contribution in [-0.2, 0) is 6.18 Å². The van der Waals surface area contributed by atoms with E-state index in [2.05, 4.69) is 0 Å². The van der Waals surface area contributed by atoms with Gasteiger partial charge in [0.2, 0.25) is 0 Å². The first kappa shape index (κ1) is 14.1. The number of benzene rings is 1. The van der Waals surface area contributed by atoms with Crippen molar-refractivity contribution in [2.45, 2.75) is 6.18 Å². The van der Waals surface area contributed by atoms with Gasteiger partial charge in [-0.2, -0.15) is 13.2 Å². The highest BCUT2D eigenvalue weighted by molar-refractivity contribution is 6.37. The third kappa shape index (κ3) is 2.13. The number of fused-ring (bicyclic) bond motifs is 1. The van der Waals surface area contributed by atoms with Crippen molar-refractivity contribution in [3.63, 3.8) is 0 Å². The number of halogens is 4. The minimum Gasteiger partial charge on any atom is -0.316 e. The van der Waals surface area contributed by atoms with Gasteiger partial charge in [0.05, 0.1) is 16.0 Å². The van der Waals surface area contributed by atoms with Gasteiger partial charge in [-0.1, -0.05) is 11.6 Å². The second kappa shape index (κ2) is 4.34. The Morgan fingerprint density at radius 3 is 2.25 bits per heavy atom. The van der Waals surface area contributed by atoms with Gasteiger partial charge in [0.15, 0.2) is 0 Å². The van der Waals surface area contributed by atoms with Crippen molar-refractivity contribution in [2.24, 2.45) is 0 Å². The second-order valence-corrected chi connectivity index (χ2v) is 4.05. The van der Waals surface area contributed by atoms with E-state index >= 15 is 0 Å². The Kier molecular flexibility index (Phi) is 3.05. The molecule has 1 aromatic heterocycles. The molecular formula is C9H3ClF3N3O4. The fourth-order valence-corrected chi connectivity index (χ4v) is 1.92. The summed E-state index contributed by atoms with van der Waals surface area (Å²) >= 11 is 5.54. The highest BCUT2D eigenvalue weighted by atomic mass is 35.5. The highest BCUT2D eigenvalue weighted by Crippen LogP contribution is 2.42. The van der Waals surface area contributed by atoms with Crippen molar-refractivity contribution >= 4 is 28.3 Å². The highest BCUT2D eigenvalue weighted by Gasteiger charge is 2.41. The van der Waals surface area contributed by atoms with E-state index in [1.54, 1.807) is 0 Å². The number of nitrogens with zero attached hydrogens (tertiary/aromatic N) is 1. The van der Waals surface area contributed by atoms with E-state index in [1.165, 1.54) is 0 Å². The van der Waals surface area contributed by atoms with Crippen molar-refractivity contribution in [3.05, 3.63) is 47.5 Å². The average Bonchev–Trinajstić information content (AvgIpc) is 2.29. The minimum atomic E-state index is -5.05. The van der Waals surface area contributed by atoms with Crippen LogP contribution in [0.15, 0.2) is 15.7 Å². The van der Waals surface area contributed by atoms with Crippen molar-refractivity contribution in [1.29, 1.82) is 0 Å². The largest absolute Gasteiger partial charge is 0.423 e. The van der Waals surface area contributed by atoms with Crippen LogP contribution in [0.1, 0.15) is 5.56 Å². The van der Waals surface area contributed by atoms with Gasteiger partial charge in [0, 0.05) is 0 Å². The van der Waals surface area contributed by atoms with E-state index in [4.69, 9.17) is 11.6 Å². The Morgan fingerprint density at radius 1 is 1.20 bits per heavy atom. The number of H-pyrrole nitrogens is 2. The Labute approximate surface area is 111 Å². The molecule has 0 radical (unpaired) electrons. The molecule has 0 atom stereocenters. The molecule has 0 aliphatic rings. The Bertz CT molecular complexity index is 839. The summed E-state index contributed by atoms with van der Waals surface area (Å²) < 4.78 is 38.3. The van der Waals surface area contributed by atoms with Crippen molar-refractivity contribution in [2.75, 3.05) is 0 Å². The fourth-order valence-electron chi connectivity index (χ4n) is 1.60. The predicted molar refractivity (Wildman–Crippen MR) is 61.9 cm³/mol. The van der Waals surface area contributed by atoms with Gasteiger partial charge in [0.25, 0.3) is 0 Å². The Hall–Kier alpha value is -2.36. The van der Waals surface area contributed by atoms with Crippen molar-refractivity contribution < 1.29 is 18.1 Å². The summed E-state index contributed by atoms with van der Waals surface area (Å²) in [6, 6.07) is 0.344. The Balaban J connectivity index is 3.05. The summed E-state index contributed by atoms with van der Waals surface area (Å²) in [6.07, 6.45) is -5.05. The van der Waals surface area contributed by atoms with Crippen LogP contribution in [-0.4, -0.2) is 14.9 Å². The summed E-state index contributed by atoms with van der Waals surface area (Å²) in [5, 5.41) is 9.83. The predicted octanol–water partition coefficient (Wildman–Crippen LogP) is 1.80. The van der Waals surface area contributed by atoms with Crippen LogP contribution in [0.2, 0.25) is 5.02 Å². The fraction of sp³-hybridized carbons (Fsp3) is 0.111. The third-order valence-corrected chi connectivity index (χ3v) is 2.79. The minimum absolute atomic E-state index is 0.344. The third-order valence-electron chi connectivity index (χ3n) is 2.42. The van der Waals surface area contributed by atoms with Gasteiger partial charge >= 0.3 is 23.0 Å². The first-order chi connectivity index (χ1) is 9.12. The number of hydrogen-bond acceptors (Lipinski definition) is 4. The number of aromatic amines is 2. The summed E-state index contributed by atoms with van der Waals surface area (Å²) in [5.74, 6) is 0. The lowest BCUT2D eigenvalue weighted by Crippen LogP contribution is -2.29. The number of nitrogens with one attached hydrogen (secondary N) is 2. The monoisotopic (exact) mass is 309 g/mol. The van der Waals surface area contributed by atoms with Crippen molar-refractivity contribution in [1.82, 2.24) is 9.97 Å². The Morgan fingerprint density at radius 2 is 1.75 bits per heavy atom. The molecule has 0 saturated carbocycles. The molecule has 11 heteroatoms. The lowest BCUT2D eigenvalue weighted by molar-refractivity contribution is -0.387. The lowest BCUT2D eigenvalue weighted by Gasteiger charge is -2.10. The number of rotatable bonds is 1. The van der Waals surface area contributed by atoms with E-state index in [0.29, 0.717) is 6.07 Å². The van der Waals surface area contributed by atoms with Gasteiger partial charge in [-0.15, -0.1) is 0 Å². The lowest BCUT2D eigenvalue weighted by atomic mass is 10.1. The molecule has 2 N–H and O–H groups in total. The molecule has 7 nitrogen and oxygen atoms in total. The summed E-state index contributed by atoms with van der Waals surface area (Å²) in [7, 11) is 0. The van der Waals surface area contributed by atoms with Crippen LogP contribution in [0.5, 0.6) is 0 Å². The molecule has 0 spiro atoms. The SMILES string of the molecule is O=c1[nH]c2cc(C(F)(F)F)c([N+](=O)[O-])c(Cl)c2[nH]c1=O. The topological polar surface area (TPSA) is 109 Å². The zero-order valence-electron chi connectivity index (χ0n) is 9.17. The first-order valence-electron chi connectivity index (χ1n) is 4.83. The van der Waals surface area contributed by atoms with E-state index in [1.807, 2.05) is 9.97 Å². The maximum absolute atomic E-state index is 12.8. The summed E-state index contributed by atoms with van der Waals surface area (Å²) in [6.45, 7) is 0. The normalized spacial score (nSPS) is 11.8. The molecule has 0 saturated heterocycles. The van der Waals surface area contributed by atoms with E-state index in [0.717, 1.165) is 0 Å². The molecule has 20 heavy (non-hydrogen) atoms. The average molecular weight is 310 g/mol. The molecule has 0 unspecified atom stereocenters. The van der Waals surface area contributed by atoms with Gasteiger partial charge < -0.3 is 9.97 Å². The summed E-state index contributed by atoms with van der Waals surface area (Å²) in [5.41, 5.74) is -6.31. The van der Waals surface area contributed by atoms with Crippen molar-refractivity contribution in [3.8, 4) is 0 Å². The van der Waals surface area contributed by atoms with Crippen LogP contribution in [0.4, 0.5) is 18.9 Å². The van der Waals surface area contributed by atoms with Crippen LogP contribution < -0.4 is 11.1 Å². The molecule has 2 rings (SSSR count). The molecule has 0 amide bonds. The number of nitro groups is 1. The molecule has 0 bridgehead atoms. The van der Waals surface area contributed by atoms with E-state index in [9.17, 15) is 32.9 Å². The van der Waals surface area contributed by atoms with Crippen LogP contribution in [0, 0.1) is 10.1 Å². The molecule has 0 fully saturated rings. The first-order valence-corrected chi connectivity index (χ1v) is 5.21. The molecule has 1 heterocycles. The maximum atomic E-state index is 12.8. The van der Waals surface area contributed by atoms with E-state index < -0.39 is 49.5 Å². The number of alkyl halides is 3. The number of hydrogen-bond donors (Lipinski definition) is 2. The van der Waals surface area contributed by atoms with Crippen LogP contribution in [0.3, 0.4) is 0 Å². The van der Waals surface area contributed by atoms with Crippen LogP contribution in [0.25, 0.3) is 11.0 Å². The van der Waals surface area contributed by atoms with Gasteiger partial charge in [-0.25, -0.2) is 0 Å². The van der Waals surface area contributed by atoms with E-state index in [-0.39, 0.29) is 0 Å². The zero-order valence-corrected chi connectivity index (χ0v) is 9.93. The number of aromatic nitrogens is 2. The second-order valence-electron chi connectivity index (χ2n) is 3.67. The molecular weight excluding hydrogens is 307 g/mol. The molecule has 106 valence electrons. The zero-order chi connectivity index (χ0) is 15.2. The molecule has 0 aliphatic carbocycles. The molecule has 1 aromatic carbocycles. The van der Waals surface area contributed by atoms with Gasteiger partial charge in [0.1, 0.15) is 10.6 Å². The van der Waals surface area contributed by atoms with Crippen LogP contribution >= 0.6 is 11.6 Å². The number of nitro benzene ring substituents is 1. The van der Waals surface area contributed by atoms with Gasteiger partial charge in [-0.05, 0) is 6.07 Å². The summed E-state index contributed by atoms with van der Waals surface area (Å²) in [4.78, 5) is 35.4. The standard InChI is InChI=1S/C9H3ClF3N3O4/c10-4-5-3(14-7(17)8(18)15-5)1-2(9(11,12)13)6(4)16(19)20/h1H,(H,14,17)(H,15,18). The smallest absolute Gasteiger partial charge is 0.316 e. The van der Waals surface area contributed by atoms with Gasteiger partial charge in [-0.3, -0.25) is 19.7 Å². The maximum Gasteiger partial charge on any atom is 0.423 e. The molecule has 0 aliphatic heterocycles. The molecule has 2 aromatic rings.